The number of aryl methyl sites for hydroxylation is 1. The van der Waals surface area contributed by atoms with Crippen molar-refractivity contribution in [2.24, 2.45) is 0 Å². The van der Waals surface area contributed by atoms with Gasteiger partial charge in [-0.15, -0.1) is 0 Å². The van der Waals surface area contributed by atoms with Crippen molar-refractivity contribution in [1.82, 2.24) is 0 Å². The minimum Gasteiger partial charge on any atom is -0.496 e. The molecular weight excluding hydrogens is 334 g/mol. The predicted molar refractivity (Wildman–Crippen MR) is 100 cm³/mol. The molecule has 0 spiro atoms. The van der Waals surface area contributed by atoms with Gasteiger partial charge in [0.2, 0.25) is 0 Å². The molecular formula is C19H21N3O4. The summed E-state index contributed by atoms with van der Waals surface area (Å²) in [5.74, 6) is -0.151. The lowest BCUT2D eigenvalue weighted by atomic mass is 10.1. The second kappa shape index (κ2) is 7.43. The van der Waals surface area contributed by atoms with Gasteiger partial charge in [0.1, 0.15) is 5.75 Å². The molecule has 1 fully saturated rings. The zero-order valence-electron chi connectivity index (χ0n) is 14.8. The van der Waals surface area contributed by atoms with Crippen LogP contribution in [0.25, 0.3) is 0 Å². The van der Waals surface area contributed by atoms with Crippen molar-refractivity contribution in [3.8, 4) is 5.75 Å². The number of non-ortho nitro benzene ring substituents is 1. The molecule has 1 aliphatic rings. The van der Waals surface area contributed by atoms with Gasteiger partial charge in [-0.05, 0) is 49.6 Å². The molecule has 1 amide bonds. The summed E-state index contributed by atoms with van der Waals surface area (Å²) in [5, 5.41) is 13.8. The highest BCUT2D eigenvalue weighted by molar-refractivity contribution is 6.07. The fourth-order valence-corrected chi connectivity index (χ4v) is 3.14. The number of nitro benzene ring substituents is 1. The van der Waals surface area contributed by atoms with Gasteiger partial charge in [-0.3, -0.25) is 14.9 Å². The smallest absolute Gasteiger partial charge is 0.270 e. The summed E-state index contributed by atoms with van der Waals surface area (Å²) < 4.78 is 5.17. The van der Waals surface area contributed by atoms with Crippen LogP contribution < -0.4 is 15.0 Å². The van der Waals surface area contributed by atoms with Crippen LogP contribution in [-0.4, -0.2) is 31.0 Å². The van der Waals surface area contributed by atoms with E-state index in [1.165, 1.54) is 38.2 Å². The number of nitrogens with zero attached hydrogens (tertiary/aromatic N) is 2. The van der Waals surface area contributed by atoms with E-state index in [1.54, 1.807) is 0 Å². The van der Waals surface area contributed by atoms with Crippen molar-refractivity contribution >= 4 is 23.0 Å². The Balaban J connectivity index is 1.83. The van der Waals surface area contributed by atoms with E-state index in [0.29, 0.717) is 11.4 Å². The second-order valence-corrected chi connectivity index (χ2v) is 6.29. The molecule has 0 saturated carbocycles. The number of nitro groups is 1. The standard InChI is InChI=1S/C19H21N3O4/c1-13-11-14(21-9-3-4-10-21)5-7-17(13)20-19(23)16-12-15(22(24)25)6-8-18(16)26-2/h5-8,11-12H,3-4,9-10H2,1-2H3,(H,20,23). The van der Waals surface area contributed by atoms with Gasteiger partial charge in [0.05, 0.1) is 17.6 Å². The van der Waals surface area contributed by atoms with Gasteiger partial charge < -0.3 is 15.0 Å². The van der Waals surface area contributed by atoms with Gasteiger partial charge in [-0.25, -0.2) is 0 Å². The molecule has 0 atom stereocenters. The van der Waals surface area contributed by atoms with E-state index in [0.717, 1.165) is 24.3 Å². The van der Waals surface area contributed by atoms with Crippen LogP contribution in [0.5, 0.6) is 5.75 Å². The Hall–Kier alpha value is -3.09. The molecule has 7 heteroatoms. The van der Waals surface area contributed by atoms with Crippen LogP contribution in [0.1, 0.15) is 28.8 Å². The number of methoxy groups -OCH3 is 1. The third-order valence-corrected chi connectivity index (χ3v) is 4.57. The maximum absolute atomic E-state index is 12.6. The first-order valence-corrected chi connectivity index (χ1v) is 8.49. The minimum absolute atomic E-state index is 0.129. The van der Waals surface area contributed by atoms with E-state index in [2.05, 4.69) is 10.2 Å². The lowest BCUT2D eigenvalue weighted by molar-refractivity contribution is -0.384. The van der Waals surface area contributed by atoms with Crippen LogP contribution in [-0.2, 0) is 0 Å². The number of ether oxygens (including phenoxy) is 1. The molecule has 0 radical (unpaired) electrons. The van der Waals surface area contributed by atoms with E-state index in [1.807, 2.05) is 25.1 Å². The van der Waals surface area contributed by atoms with Crippen LogP contribution in [0.3, 0.4) is 0 Å². The largest absolute Gasteiger partial charge is 0.496 e. The van der Waals surface area contributed by atoms with E-state index >= 15 is 0 Å². The van der Waals surface area contributed by atoms with Crippen LogP contribution in [0.2, 0.25) is 0 Å². The Labute approximate surface area is 151 Å². The first kappa shape index (κ1) is 17.7. The summed E-state index contributed by atoms with van der Waals surface area (Å²) >= 11 is 0. The molecule has 0 unspecified atom stereocenters. The van der Waals surface area contributed by atoms with E-state index < -0.39 is 10.8 Å². The molecule has 1 aliphatic heterocycles. The van der Waals surface area contributed by atoms with Crippen LogP contribution >= 0.6 is 0 Å². The average Bonchev–Trinajstić information content (AvgIpc) is 3.17. The number of carbonyl (C=O) groups is 1. The van der Waals surface area contributed by atoms with Crippen molar-refractivity contribution in [1.29, 1.82) is 0 Å². The second-order valence-electron chi connectivity index (χ2n) is 6.29. The molecule has 1 heterocycles. The summed E-state index contributed by atoms with van der Waals surface area (Å²) in [6.45, 7) is 4.03. The fraction of sp³-hybridized carbons (Fsp3) is 0.316. The Morgan fingerprint density at radius 1 is 1.19 bits per heavy atom. The Morgan fingerprint density at radius 3 is 2.54 bits per heavy atom. The van der Waals surface area contributed by atoms with Gasteiger partial charge in [-0.1, -0.05) is 0 Å². The van der Waals surface area contributed by atoms with E-state index in [4.69, 9.17) is 4.74 Å². The van der Waals surface area contributed by atoms with Crippen LogP contribution in [0, 0.1) is 17.0 Å². The molecule has 26 heavy (non-hydrogen) atoms. The van der Waals surface area contributed by atoms with Gasteiger partial charge in [0.15, 0.2) is 0 Å². The quantitative estimate of drug-likeness (QED) is 0.652. The monoisotopic (exact) mass is 355 g/mol. The summed E-state index contributed by atoms with van der Waals surface area (Å²) in [6.07, 6.45) is 2.40. The number of benzene rings is 2. The topological polar surface area (TPSA) is 84.7 Å². The van der Waals surface area contributed by atoms with Gasteiger partial charge in [-0.2, -0.15) is 0 Å². The average molecular weight is 355 g/mol. The highest BCUT2D eigenvalue weighted by Crippen LogP contribution is 2.28. The highest BCUT2D eigenvalue weighted by atomic mass is 16.6. The summed E-state index contributed by atoms with van der Waals surface area (Å²) in [6, 6.07) is 9.86. The van der Waals surface area contributed by atoms with Crippen molar-refractivity contribution < 1.29 is 14.5 Å². The van der Waals surface area contributed by atoms with Crippen molar-refractivity contribution in [3.63, 3.8) is 0 Å². The first-order chi connectivity index (χ1) is 12.5. The number of nitrogens with one attached hydrogen (secondary N) is 1. The predicted octanol–water partition coefficient (Wildman–Crippen LogP) is 3.76. The SMILES string of the molecule is COc1ccc([N+](=O)[O-])cc1C(=O)Nc1ccc(N2CCCC2)cc1C. The lowest BCUT2D eigenvalue weighted by Crippen LogP contribution is -2.18. The van der Waals surface area contributed by atoms with Crippen LogP contribution in [0.4, 0.5) is 17.1 Å². The van der Waals surface area contributed by atoms with Crippen molar-refractivity contribution in [3.05, 3.63) is 57.6 Å². The molecule has 136 valence electrons. The Kier molecular flexibility index (Phi) is 5.06. The molecule has 0 aliphatic carbocycles. The fourth-order valence-electron chi connectivity index (χ4n) is 3.14. The Morgan fingerprint density at radius 2 is 1.92 bits per heavy atom. The molecule has 7 nitrogen and oxygen atoms in total. The number of hydrogen-bond donors (Lipinski definition) is 1. The van der Waals surface area contributed by atoms with E-state index in [-0.39, 0.29) is 11.3 Å². The molecule has 2 aromatic rings. The van der Waals surface area contributed by atoms with E-state index in [9.17, 15) is 14.9 Å². The zero-order valence-corrected chi connectivity index (χ0v) is 14.8. The maximum Gasteiger partial charge on any atom is 0.270 e. The first-order valence-electron chi connectivity index (χ1n) is 8.49. The summed E-state index contributed by atoms with van der Waals surface area (Å²) in [4.78, 5) is 25.4. The Bertz CT molecular complexity index is 845. The van der Waals surface area contributed by atoms with Crippen molar-refractivity contribution in [2.75, 3.05) is 30.4 Å². The van der Waals surface area contributed by atoms with Gasteiger partial charge in [0.25, 0.3) is 11.6 Å². The summed E-state index contributed by atoms with van der Waals surface area (Å²) in [7, 11) is 1.42. The number of hydrogen-bond acceptors (Lipinski definition) is 5. The maximum atomic E-state index is 12.6. The molecule has 0 bridgehead atoms. The van der Waals surface area contributed by atoms with Crippen molar-refractivity contribution in [2.45, 2.75) is 19.8 Å². The third-order valence-electron chi connectivity index (χ3n) is 4.57. The van der Waals surface area contributed by atoms with Gasteiger partial charge >= 0.3 is 0 Å². The molecule has 1 saturated heterocycles. The number of anilines is 2. The zero-order chi connectivity index (χ0) is 18.7. The molecule has 0 aromatic heterocycles. The number of amides is 1. The van der Waals surface area contributed by atoms with Gasteiger partial charge in [0, 0.05) is 36.6 Å². The lowest BCUT2D eigenvalue weighted by Gasteiger charge is -2.19. The summed E-state index contributed by atoms with van der Waals surface area (Å²) in [5.41, 5.74) is 2.73. The minimum atomic E-state index is -0.535. The van der Waals surface area contributed by atoms with Crippen LogP contribution in [0.15, 0.2) is 36.4 Å². The third kappa shape index (κ3) is 3.61. The highest BCUT2D eigenvalue weighted by Gasteiger charge is 2.19. The molecule has 1 N–H and O–H groups in total. The molecule has 3 rings (SSSR count). The number of carbonyl (C=O) groups excluding carboxylic acids is 1. The normalized spacial score (nSPS) is 13.5. The molecule has 2 aromatic carbocycles. The number of rotatable bonds is 5.